The van der Waals surface area contributed by atoms with Gasteiger partial charge in [0.1, 0.15) is 0 Å². The number of fused-ring (bicyclic) bond motifs is 2. The van der Waals surface area contributed by atoms with Crippen LogP contribution < -0.4 is 10.9 Å². The third-order valence-corrected chi connectivity index (χ3v) is 4.92. The second kappa shape index (κ2) is 6.10. The number of aromatic nitrogens is 3. The van der Waals surface area contributed by atoms with Gasteiger partial charge in [-0.2, -0.15) is 0 Å². The Balaban J connectivity index is 1.61. The highest BCUT2D eigenvalue weighted by molar-refractivity contribution is 5.93. The Morgan fingerprint density at radius 1 is 1.31 bits per heavy atom. The molecule has 1 aromatic carbocycles. The summed E-state index contributed by atoms with van der Waals surface area (Å²) in [4.78, 5) is 29.2. The Morgan fingerprint density at radius 3 is 2.88 bits per heavy atom. The van der Waals surface area contributed by atoms with Crippen molar-refractivity contribution >= 4 is 22.6 Å². The molecule has 2 aromatic heterocycles. The van der Waals surface area contributed by atoms with Crippen LogP contribution in [-0.4, -0.2) is 20.7 Å². The lowest BCUT2D eigenvalue weighted by Gasteiger charge is -2.11. The van der Waals surface area contributed by atoms with Gasteiger partial charge in [0, 0.05) is 18.4 Å². The quantitative estimate of drug-likeness (QED) is 0.755. The maximum absolute atomic E-state index is 12.6. The lowest BCUT2D eigenvalue weighted by molar-refractivity contribution is -0.115. The number of amides is 1. The highest BCUT2D eigenvalue weighted by Gasteiger charge is 2.18. The van der Waals surface area contributed by atoms with Crippen molar-refractivity contribution in [2.24, 2.45) is 7.05 Å². The van der Waals surface area contributed by atoms with Crippen LogP contribution in [0.15, 0.2) is 23.0 Å². The standard InChI is InChI=1S/C19H20N4O3/c1-10-15(11(2)20-18-17(10)19(25)22-23(18)3)7-16(24)21-14-5-4-12-8-26-9-13(12)6-14/h4-6H,7-9H2,1-3H3,(H,21,24)(H,22,25). The number of aromatic amines is 1. The number of nitrogens with zero attached hydrogens (tertiary/aromatic N) is 2. The minimum Gasteiger partial charge on any atom is -0.372 e. The van der Waals surface area contributed by atoms with Crippen molar-refractivity contribution < 1.29 is 9.53 Å². The maximum Gasteiger partial charge on any atom is 0.273 e. The van der Waals surface area contributed by atoms with E-state index in [1.807, 2.05) is 32.0 Å². The molecule has 0 bridgehead atoms. The van der Waals surface area contributed by atoms with Crippen molar-refractivity contribution in [3.63, 3.8) is 0 Å². The van der Waals surface area contributed by atoms with Gasteiger partial charge in [-0.05, 0) is 48.2 Å². The third-order valence-electron chi connectivity index (χ3n) is 4.92. The largest absolute Gasteiger partial charge is 0.372 e. The molecule has 0 spiro atoms. The van der Waals surface area contributed by atoms with Crippen molar-refractivity contribution in [3.8, 4) is 0 Å². The highest BCUT2D eigenvalue weighted by Crippen LogP contribution is 2.24. The summed E-state index contributed by atoms with van der Waals surface area (Å²) in [5.74, 6) is -0.136. The fourth-order valence-electron chi connectivity index (χ4n) is 3.52. The van der Waals surface area contributed by atoms with Crippen LogP contribution in [0.3, 0.4) is 0 Å². The van der Waals surface area contributed by atoms with Gasteiger partial charge in [-0.25, -0.2) is 4.98 Å². The second-order valence-corrected chi connectivity index (χ2v) is 6.70. The molecule has 0 radical (unpaired) electrons. The van der Waals surface area contributed by atoms with Gasteiger partial charge in [0.25, 0.3) is 5.56 Å². The number of aryl methyl sites for hydroxylation is 3. The maximum atomic E-state index is 12.6. The van der Waals surface area contributed by atoms with Crippen LogP contribution in [0.4, 0.5) is 5.69 Å². The summed E-state index contributed by atoms with van der Waals surface area (Å²) >= 11 is 0. The molecule has 0 saturated carbocycles. The minimum absolute atomic E-state index is 0.136. The number of ether oxygens (including phenoxy) is 1. The number of rotatable bonds is 3. The van der Waals surface area contributed by atoms with Crippen LogP contribution in [0.5, 0.6) is 0 Å². The minimum atomic E-state index is -0.187. The number of nitrogens with one attached hydrogen (secondary N) is 2. The molecule has 0 saturated heterocycles. The van der Waals surface area contributed by atoms with Crippen LogP contribution in [0.1, 0.15) is 27.9 Å². The lowest BCUT2D eigenvalue weighted by atomic mass is 10.0. The van der Waals surface area contributed by atoms with Crippen molar-refractivity contribution in [3.05, 3.63) is 56.5 Å². The summed E-state index contributed by atoms with van der Waals surface area (Å²) in [5.41, 5.74) is 5.77. The highest BCUT2D eigenvalue weighted by atomic mass is 16.5. The predicted octanol–water partition coefficient (Wildman–Crippen LogP) is 2.09. The fourth-order valence-corrected chi connectivity index (χ4v) is 3.52. The summed E-state index contributed by atoms with van der Waals surface area (Å²) in [6.07, 6.45) is 0.169. The number of benzene rings is 1. The molecule has 7 heteroatoms. The molecular weight excluding hydrogens is 332 g/mol. The van der Waals surface area contributed by atoms with Crippen LogP contribution in [0, 0.1) is 13.8 Å². The molecule has 2 N–H and O–H groups in total. The van der Waals surface area contributed by atoms with Crippen molar-refractivity contribution in [2.75, 3.05) is 5.32 Å². The molecule has 3 heterocycles. The molecule has 1 amide bonds. The number of pyridine rings is 1. The summed E-state index contributed by atoms with van der Waals surface area (Å²) in [5, 5.41) is 6.18. The number of carbonyl (C=O) groups excluding carboxylic acids is 1. The Hall–Kier alpha value is -2.93. The van der Waals surface area contributed by atoms with E-state index in [-0.39, 0.29) is 17.9 Å². The Morgan fingerprint density at radius 2 is 2.08 bits per heavy atom. The molecule has 3 aromatic rings. The first-order chi connectivity index (χ1) is 12.4. The molecule has 7 nitrogen and oxygen atoms in total. The molecule has 0 aliphatic carbocycles. The van der Waals surface area contributed by atoms with Gasteiger partial charge in [-0.15, -0.1) is 0 Å². The molecule has 0 atom stereocenters. The molecule has 0 unspecified atom stereocenters. The van der Waals surface area contributed by atoms with Crippen molar-refractivity contribution in [1.82, 2.24) is 14.8 Å². The van der Waals surface area contributed by atoms with Gasteiger partial charge in [0.05, 0.1) is 25.0 Å². The summed E-state index contributed by atoms with van der Waals surface area (Å²) < 4.78 is 7.01. The van der Waals surface area contributed by atoms with E-state index in [4.69, 9.17) is 4.74 Å². The average Bonchev–Trinajstić information content (AvgIpc) is 3.15. The summed E-state index contributed by atoms with van der Waals surface area (Å²) in [6, 6.07) is 5.81. The zero-order valence-corrected chi connectivity index (χ0v) is 15.0. The lowest BCUT2D eigenvalue weighted by Crippen LogP contribution is -2.17. The summed E-state index contributed by atoms with van der Waals surface area (Å²) in [6.45, 7) is 4.93. The molecule has 0 fully saturated rings. The zero-order chi connectivity index (χ0) is 18.4. The second-order valence-electron chi connectivity index (χ2n) is 6.70. The van der Waals surface area contributed by atoms with Crippen LogP contribution in [0.2, 0.25) is 0 Å². The smallest absolute Gasteiger partial charge is 0.273 e. The van der Waals surface area contributed by atoms with Gasteiger partial charge >= 0.3 is 0 Å². The van der Waals surface area contributed by atoms with E-state index in [1.54, 1.807) is 11.7 Å². The number of anilines is 1. The Bertz CT molecular complexity index is 1090. The van der Waals surface area contributed by atoms with E-state index < -0.39 is 0 Å². The SMILES string of the molecule is Cc1nc2c(c(C)c1CC(=O)Nc1ccc3c(c1)COC3)c(=O)[nH]n2C. The zero-order valence-electron chi connectivity index (χ0n) is 15.0. The number of carbonyl (C=O) groups is 1. The Kier molecular flexibility index (Phi) is 3.88. The number of H-pyrrole nitrogens is 1. The van der Waals surface area contributed by atoms with Crippen LogP contribution in [-0.2, 0) is 36.2 Å². The van der Waals surface area contributed by atoms with Gasteiger partial charge in [-0.3, -0.25) is 19.4 Å². The predicted molar refractivity (Wildman–Crippen MR) is 98.1 cm³/mol. The van der Waals surface area contributed by atoms with Gasteiger partial charge in [0.15, 0.2) is 5.65 Å². The van der Waals surface area contributed by atoms with E-state index in [2.05, 4.69) is 15.4 Å². The normalized spacial score (nSPS) is 13.2. The van der Waals surface area contributed by atoms with E-state index in [0.717, 1.165) is 33.6 Å². The topological polar surface area (TPSA) is 89.0 Å². The Labute approximate surface area is 150 Å². The third kappa shape index (κ3) is 2.70. The fraction of sp³-hybridized carbons (Fsp3) is 0.316. The average molecular weight is 352 g/mol. The first kappa shape index (κ1) is 16.5. The number of hydrogen-bond donors (Lipinski definition) is 2. The molecule has 134 valence electrons. The molecule has 26 heavy (non-hydrogen) atoms. The monoisotopic (exact) mass is 352 g/mol. The first-order valence-electron chi connectivity index (χ1n) is 8.48. The number of hydrogen-bond acceptors (Lipinski definition) is 4. The van der Waals surface area contributed by atoms with E-state index >= 15 is 0 Å². The molecule has 1 aliphatic heterocycles. The van der Waals surface area contributed by atoms with Gasteiger partial charge in [-0.1, -0.05) is 6.07 Å². The molecule has 4 rings (SSSR count). The van der Waals surface area contributed by atoms with Gasteiger partial charge in [0.2, 0.25) is 5.91 Å². The van der Waals surface area contributed by atoms with E-state index in [9.17, 15) is 9.59 Å². The summed E-state index contributed by atoms with van der Waals surface area (Å²) in [7, 11) is 1.75. The van der Waals surface area contributed by atoms with Crippen LogP contribution in [0.25, 0.3) is 11.0 Å². The van der Waals surface area contributed by atoms with Crippen molar-refractivity contribution in [1.29, 1.82) is 0 Å². The van der Waals surface area contributed by atoms with Crippen molar-refractivity contribution in [2.45, 2.75) is 33.5 Å². The first-order valence-corrected chi connectivity index (χ1v) is 8.48. The van der Waals surface area contributed by atoms with E-state index in [1.165, 1.54) is 0 Å². The van der Waals surface area contributed by atoms with Crippen LogP contribution >= 0.6 is 0 Å². The molecule has 1 aliphatic rings. The van der Waals surface area contributed by atoms with Gasteiger partial charge < -0.3 is 10.1 Å². The van der Waals surface area contributed by atoms with E-state index in [0.29, 0.717) is 24.2 Å². The molecular formula is C19H20N4O3.